The second-order valence-electron chi connectivity index (χ2n) is 5.57. The first-order chi connectivity index (χ1) is 11.1. The largest absolute Gasteiger partial charge is 0.452 e. The summed E-state index contributed by atoms with van der Waals surface area (Å²) < 4.78 is 6.50. The first-order valence-electron chi connectivity index (χ1n) is 7.55. The molecule has 2 N–H and O–H groups in total. The molecule has 23 heavy (non-hydrogen) atoms. The van der Waals surface area contributed by atoms with Crippen molar-refractivity contribution in [2.24, 2.45) is 5.73 Å². The first-order valence-corrected chi connectivity index (χ1v) is 7.55. The van der Waals surface area contributed by atoms with Gasteiger partial charge in [0.25, 0.3) is 11.5 Å². The Morgan fingerprint density at radius 1 is 1.26 bits per heavy atom. The molecule has 0 unspecified atom stereocenters. The van der Waals surface area contributed by atoms with E-state index in [-0.39, 0.29) is 11.1 Å². The molecule has 1 amide bonds. The van der Waals surface area contributed by atoms with Gasteiger partial charge in [-0.25, -0.2) is 9.78 Å². The Morgan fingerprint density at radius 3 is 2.87 bits per heavy atom. The number of primary amides is 1. The second-order valence-corrected chi connectivity index (χ2v) is 5.57. The molecule has 0 spiro atoms. The van der Waals surface area contributed by atoms with Crippen LogP contribution in [0.25, 0.3) is 10.9 Å². The summed E-state index contributed by atoms with van der Waals surface area (Å²) in [4.78, 5) is 39.7. The molecular weight excluding hydrogens is 298 g/mol. The highest BCUT2D eigenvalue weighted by molar-refractivity contribution is 5.95. The summed E-state index contributed by atoms with van der Waals surface area (Å²) >= 11 is 0. The highest BCUT2D eigenvalue weighted by atomic mass is 16.5. The van der Waals surface area contributed by atoms with Crippen LogP contribution in [0, 0.1) is 0 Å². The topological polar surface area (TPSA) is 104 Å². The van der Waals surface area contributed by atoms with Gasteiger partial charge in [-0.15, -0.1) is 0 Å². The van der Waals surface area contributed by atoms with Gasteiger partial charge in [-0.1, -0.05) is 6.42 Å². The van der Waals surface area contributed by atoms with Crippen molar-refractivity contribution in [2.75, 3.05) is 6.61 Å². The zero-order valence-corrected chi connectivity index (χ0v) is 12.6. The smallest absolute Gasteiger partial charge is 0.338 e. The normalized spacial score (nSPS) is 14.1. The Balaban J connectivity index is 2.01. The fraction of sp³-hybridized carbons (Fsp3) is 0.375. The van der Waals surface area contributed by atoms with Crippen LogP contribution in [0.15, 0.2) is 23.0 Å². The lowest BCUT2D eigenvalue weighted by Gasteiger charge is -2.10. The number of benzene rings is 1. The number of aromatic nitrogens is 2. The standard InChI is InChI=1S/C16H17N3O4/c17-13(20)9-23-16(22)10-5-6-11-12(8-10)18-14-4-2-1-3-7-19(14)15(11)21/h5-6,8H,1-4,7,9H2,(H2,17,20). The molecule has 1 aromatic carbocycles. The molecule has 0 saturated carbocycles. The number of nitrogens with zero attached hydrogens (tertiary/aromatic N) is 2. The number of hydrogen-bond acceptors (Lipinski definition) is 5. The predicted molar refractivity (Wildman–Crippen MR) is 83.0 cm³/mol. The fourth-order valence-corrected chi connectivity index (χ4v) is 2.77. The van der Waals surface area contributed by atoms with Crippen LogP contribution in [0.1, 0.15) is 35.4 Å². The van der Waals surface area contributed by atoms with Crippen LogP contribution in [-0.2, 0) is 22.5 Å². The highest BCUT2D eigenvalue weighted by Crippen LogP contribution is 2.16. The quantitative estimate of drug-likeness (QED) is 0.842. The molecule has 0 radical (unpaired) electrons. The SMILES string of the molecule is NC(=O)COC(=O)c1ccc2c(=O)n3c(nc2c1)CCCCC3. The lowest BCUT2D eigenvalue weighted by molar-refractivity contribution is -0.121. The Labute approximate surface area is 132 Å². The summed E-state index contributed by atoms with van der Waals surface area (Å²) in [6.45, 7) is 0.205. The van der Waals surface area contributed by atoms with E-state index >= 15 is 0 Å². The van der Waals surface area contributed by atoms with Gasteiger partial charge in [-0.05, 0) is 31.0 Å². The van der Waals surface area contributed by atoms with E-state index in [2.05, 4.69) is 4.98 Å². The zero-order chi connectivity index (χ0) is 16.4. The zero-order valence-electron chi connectivity index (χ0n) is 12.6. The van der Waals surface area contributed by atoms with Crippen LogP contribution in [0.2, 0.25) is 0 Å². The molecule has 0 atom stereocenters. The van der Waals surface area contributed by atoms with Crippen LogP contribution in [0.4, 0.5) is 0 Å². The number of fused-ring (bicyclic) bond motifs is 2. The Hall–Kier alpha value is -2.70. The van der Waals surface area contributed by atoms with Crippen molar-refractivity contribution >= 4 is 22.8 Å². The van der Waals surface area contributed by atoms with E-state index in [9.17, 15) is 14.4 Å². The molecule has 1 aromatic heterocycles. The molecule has 0 saturated heterocycles. The first kappa shape index (κ1) is 15.2. The van der Waals surface area contributed by atoms with Gasteiger partial charge >= 0.3 is 5.97 Å². The summed E-state index contributed by atoms with van der Waals surface area (Å²) in [5.74, 6) is -0.633. The lowest BCUT2D eigenvalue weighted by atomic mass is 10.1. The fourth-order valence-electron chi connectivity index (χ4n) is 2.77. The summed E-state index contributed by atoms with van der Waals surface area (Å²) in [7, 11) is 0. The molecule has 1 aliphatic heterocycles. The summed E-state index contributed by atoms with van der Waals surface area (Å²) in [5.41, 5.74) is 5.58. The number of esters is 1. The van der Waals surface area contributed by atoms with Crippen LogP contribution in [-0.4, -0.2) is 28.0 Å². The van der Waals surface area contributed by atoms with Crippen LogP contribution in [0.3, 0.4) is 0 Å². The minimum atomic E-state index is -0.721. The minimum Gasteiger partial charge on any atom is -0.452 e. The molecule has 1 aliphatic rings. The third-order valence-electron chi connectivity index (χ3n) is 3.90. The number of carbonyl (C=O) groups is 2. The molecule has 0 aliphatic carbocycles. The van der Waals surface area contributed by atoms with E-state index in [0.717, 1.165) is 31.5 Å². The number of hydrogen-bond donors (Lipinski definition) is 1. The third kappa shape index (κ3) is 3.08. The van der Waals surface area contributed by atoms with Gasteiger partial charge in [0.1, 0.15) is 5.82 Å². The van der Waals surface area contributed by atoms with Crippen molar-refractivity contribution in [3.8, 4) is 0 Å². The maximum Gasteiger partial charge on any atom is 0.338 e. The van der Waals surface area contributed by atoms with Crippen molar-refractivity contribution in [3.63, 3.8) is 0 Å². The maximum absolute atomic E-state index is 12.6. The van der Waals surface area contributed by atoms with Crippen LogP contribution in [0.5, 0.6) is 0 Å². The lowest BCUT2D eigenvalue weighted by Crippen LogP contribution is -2.25. The molecule has 0 fully saturated rings. The number of rotatable bonds is 3. The Morgan fingerprint density at radius 2 is 2.09 bits per heavy atom. The molecule has 2 aromatic rings. The van der Waals surface area contributed by atoms with Crippen molar-refractivity contribution < 1.29 is 14.3 Å². The maximum atomic E-state index is 12.6. The monoisotopic (exact) mass is 315 g/mol. The second kappa shape index (κ2) is 6.20. The van der Waals surface area contributed by atoms with E-state index in [1.165, 1.54) is 12.1 Å². The van der Waals surface area contributed by atoms with Gasteiger partial charge in [-0.2, -0.15) is 0 Å². The van der Waals surface area contributed by atoms with E-state index in [1.54, 1.807) is 10.6 Å². The number of nitrogens with two attached hydrogens (primary N) is 1. The van der Waals surface area contributed by atoms with Crippen molar-refractivity contribution in [1.82, 2.24) is 9.55 Å². The van der Waals surface area contributed by atoms with E-state index < -0.39 is 18.5 Å². The van der Waals surface area contributed by atoms with Gasteiger partial charge in [0.05, 0.1) is 16.5 Å². The number of aryl methyl sites for hydroxylation is 1. The van der Waals surface area contributed by atoms with Gasteiger partial charge in [-0.3, -0.25) is 14.2 Å². The van der Waals surface area contributed by atoms with Crippen LogP contribution >= 0.6 is 0 Å². The molecule has 120 valence electrons. The van der Waals surface area contributed by atoms with Crippen molar-refractivity contribution in [1.29, 1.82) is 0 Å². The molecule has 7 nitrogen and oxygen atoms in total. The number of amides is 1. The molecule has 0 bridgehead atoms. The van der Waals surface area contributed by atoms with E-state index in [1.807, 2.05) is 0 Å². The van der Waals surface area contributed by atoms with Crippen molar-refractivity contribution in [2.45, 2.75) is 32.2 Å². The predicted octanol–water partition coefficient (Wildman–Crippen LogP) is 0.765. The minimum absolute atomic E-state index is 0.0797. The van der Waals surface area contributed by atoms with Gasteiger partial charge < -0.3 is 10.5 Å². The highest BCUT2D eigenvalue weighted by Gasteiger charge is 2.16. The van der Waals surface area contributed by atoms with E-state index in [4.69, 9.17) is 10.5 Å². The van der Waals surface area contributed by atoms with Crippen LogP contribution < -0.4 is 11.3 Å². The average molecular weight is 315 g/mol. The molecule has 3 rings (SSSR count). The molecule has 2 heterocycles. The van der Waals surface area contributed by atoms with Crippen molar-refractivity contribution in [3.05, 3.63) is 39.9 Å². The van der Waals surface area contributed by atoms with Gasteiger partial charge in [0.2, 0.25) is 0 Å². The molecular formula is C16H17N3O4. The Bertz CT molecular complexity index is 841. The Kier molecular flexibility index (Phi) is 4.10. The summed E-state index contributed by atoms with van der Waals surface area (Å²) in [5, 5.41) is 0.474. The third-order valence-corrected chi connectivity index (χ3v) is 3.90. The van der Waals surface area contributed by atoms with Gasteiger partial charge in [0.15, 0.2) is 6.61 Å². The van der Waals surface area contributed by atoms with E-state index in [0.29, 0.717) is 17.4 Å². The molecule has 7 heteroatoms. The average Bonchev–Trinajstić information content (AvgIpc) is 2.77. The summed E-state index contributed by atoms with van der Waals surface area (Å²) in [6.07, 6.45) is 3.79. The number of ether oxygens (including phenoxy) is 1. The summed E-state index contributed by atoms with van der Waals surface area (Å²) in [6, 6.07) is 4.59. The number of carbonyl (C=O) groups excluding carboxylic acids is 2. The van der Waals surface area contributed by atoms with Gasteiger partial charge in [0, 0.05) is 13.0 Å².